The minimum Gasteiger partial charge on any atom is -0.492 e. The van der Waals surface area contributed by atoms with Crippen LogP contribution in [0.5, 0.6) is 5.75 Å². The van der Waals surface area contributed by atoms with Gasteiger partial charge in [0, 0.05) is 10.7 Å². The molecule has 1 aromatic carbocycles. The molecule has 0 aliphatic carbocycles. The lowest BCUT2D eigenvalue weighted by atomic mass is 10.2. The van der Waals surface area contributed by atoms with E-state index < -0.39 is 22.3 Å². The lowest BCUT2D eigenvalue weighted by Gasteiger charge is -2.12. The number of aromatic nitrogens is 1. The number of nitrogens with zero attached hydrogens (tertiary/aromatic N) is 1. The number of pyridine rings is 1. The number of hydrogen-bond donors (Lipinski definition) is 0. The van der Waals surface area contributed by atoms with E-state index >= 15 is 0 Å². The van der Waals surface area contributed by atoms with Crippen molar-refractivity contribution in [1.29, 1.82) is 0 Å². The number of halogens is 5. The molecular formula is C14H10BrClF3NO2. The lowest BCUT2D eigenvalue weighted by molar-refractivity contribution is -0.138. The van der Waals surface area contributed by atoms with Gasteiger partial charge in [-0.3, -0.25) is 4.79 Å². The van der Waals surface area contributed by atoms with Crippen LogP contribution in [0.15, 0.2) is 45.8 Å². The van der Waals surface area contributed by atoms with Gasteiger partial charge in [-0.25, -0.2) is 0 Å². The summed E-state index contributed by atoms with van der Waals surface area (Å²) in [7, 11) is 0. The molecule has 0 atom stereocenters. The fraction of sp³-hybridized carbons (Fsp3) is 0.214. The molecule has 2 aromatic rings. The zero-order valence-electron chi connectivity index (χ0n) is 11.0. The standard InChI is InChI=1S/C14H10BrClF3NO2/c15-10-1-3-11(4-2-10)22-6-5-20-8-9(14(17,18)19)7-12(16)13(20)21/h1-4,7-8H,5-6H2. The van der Waals surface area contributed by atoms with E-state index in [-0.39, 0.29) is 13.2 Å². The predicted molar refractivity (Wildman–Crippen MR) is 80.4 cm³/mol. The first-order valence-electron chi connectivity index (χ1n) is 6.13. The Hall–Kier alpha value is -1.47. The molecule has 118 valence electrons. The summed E-state index contributed by atoms with van der Waals surface area (Å²) in [6.07, 6.45) is -3.83. The van der Waals surface area contributed by atoms with Crippen molar-refractivity contribution in [3.05, 3.63) is 61.9 Å². The van der Waals surface area contributed by atoms with Gasteiger partial charge in [-0.1, -0.05) is 27.5 Å². The average molecular weight is 397 g/mol. The second-order valence-electron chi connectivity index (χ2n) is 4.38. The van der Waals surface area contributed by atoms with Crippen LogP contribution in [0, 0.1) is 0 Å². The van der Waals surface area contributed by atoms with Gasteiger partial charge in [-0.15, -0.1) is 0 Å². The maximum Gasteiger partial charge on any atom is 0.417 e. The number of alkyl halides is 3. The van der Waals surface area contributed by atoms with E-state index in [1.807, 2.05) is 0 Å². The summed E-state index contributed by atoms with van der Waals surface area (Å²) in [6.45, 7) is -0.00227. The van der Waals surface area contributed by atoms with Crippen LogP contribution in [0.25, 0.3) is 0 Å². The van der Waals surface area contributed by atoms with Crippen molar-refractivity contribution in [2.45, 2.75) is 12.7 Å². The van der Waals surface area contributed by atoms with Gasteiger partial charge in [0.05, 0.1) is 12.1 Å². The van der Waals surface area contributed by atoms with Crippen LogP contribution < -0.4 is 10.3 Å². The topological polar surface area (TPSA) is 31.2 Å². The second-order valence-corrected chi connectivity index (χ2v) is 5.70. The number of benzene rings is 1. The summed E-state index contributed by atoms with van der Waals surface area (Å²) < 4.78 is 45.2. The molecule has 0 aliphatic heterocycles. The molecule has 0 radical (unpaired) electrons. The van der Waals surface area contributed by atoms with Gasteiger partial charge in [0.2, 0.25) is 0 Å². The molecule has 0 unspecified atom stereocenters. The predicted octanol–water partition coefficient (Wildman–Crippen LogP) is 4.36. The van der Waals surface area contributed by atoms with E-state index in [0.717, 1.165) is 15.2 Å². The maximum atomic E-state index is 12.7. The summed E-state index contributed by atoms with van der Waals surface area (Å²) in [5.74, 6) is 0.550. The SMILES string of the molecule is O=c1c(Cl)cc(C(F)(F)F)cn1CCOc1ccc(Br)cc1. The molecule has 0 amide bonds. The highest BCUT2D eigenvalue weighted by atomic mass is 79.9. The molecule has 0 N–H and O–H groups in total. The van der Waals surface area contributed by atoms with Crippen molar-refractivity contribution < 1.29 is 17.9 Å². The lowest BCUT2D eigenvalue weighted by Crippen LogP contribution is -2.25. The molecule has 8 heteroatoms. The third-order valence-corrected chi connectivity index (χ3v) is 3.58. The Balaban J connectivity index is 2.10. The van der Waals surface area contributed by atoms with Gasteiger partial charge in [-0.05, 0) is 30.3 Å². The minimum absolute atomic E-state index is 0.0409. The molecule has 0 bridgehead atoms. The van der Waals surface area contributed by atoms with Crippen LogP contribution in [-0.4, -0.2) is 11.2 Å². The summed E-state index contributed by atoms with van der Waals surface area (Å²) in [5, 5.41) is -0.474. The molecule has 2 rings (SSSR count). The molecule has 0 fully saturated rings. The van der Waals surface area contributed by atoms with Gasteiger partial charge < -0.3 is 9.30 Å². The molecule has 3 nitrogen and oxygen atoms in total. The summed E-state index contributed by atoms with van der Waals surface area (Å²) in [4.78, 5) is 11.7. The van der Waals surface area contributed by atoms with Crippen LogP contribution in [0.1, 0.15) is 5.56 Å². The Kier molecular flexibility index (Phi) is 5.18. The number of hydrogen-bond acceptors (Lipinski definition) is 2. The molecule has 0 spiro atoms. The van der Waals surface area contributed by atoms with E-state index in [1.54, 1.807) is 24.3 Å². The normalized spacial score (nSPS) is 11.5. The third kappa shape index (κ3) is 4.27. The first-order valence-corrected chi connectivity index (χ1v) is 7.30. The van der Waals surface area contributed by atoms with E-state index in [1.165, 1.54) is 0 Å². The first kappa shape index (κ1) is 16.9. The van der Waals surface area contributed by atoms with Crippen LogP contribution in [0.4, 0.5) is 13.2 Å². The van der Waals surface area contributed by atoms with Crippen molar-refractivity contribution in [2.24, 2.45) is 0 Å². The van der Waals surface area contributed by atoms with Crippen molar-refractivity contribution in [1.82, 2.24) is 4.57 Å². The van der Waals surface area contributed by atoms with Crippen LogP contribution in [-0.2, 0) is 12.7 Å². The largest absolute Gasteiger partial charge is 0.492 e. The molecule has 1 heterocycles. The maximum absolute atomic E-state index is 12.7. The second kappa shape index (κ2) is 6.75. The van der Waals surface area contributed by atoms with E-state index in [9.17, 15) is 18.0 Å². The highest BCUT2D eigenvalue weighted by Gasteiger charge is 2.32. The average Bonchev–Trinajstić information content (AvgIpc) is 2.44. The number of ether oxygens (including phenoxy) is 1. The smallest absolute Gasteiger partial charge is 0.417 e. The van der Waals surface area contributed by atoms with Crippen molar-refractivity contribution in [3.8, 4) is 5.75 Å². The zero-order valence-corrected chi connectivity index (χ0v) is 13.4. The summed E-state index contributed by atoms with van der Waals surface area (Å²) >= 11 is 8.83. The Morgan fingerprint density at radius 1 is 1.23 bits per heavy atom. The van der Waals surface area contributed by atoms with Gasteiger partial charge in [0.25, 0.3) is 5.56 Å². The van der Waals surface area contributed by atoms with E-state index in [0.29, 0.717) is 11.8 Å². The molecular weight excluding hydrogens is 387 g/mol. The highest BCUT2D eigenvalue weighted by Crippen LogP contribution is 2.29. The number of rotatable bonds is 4. The molecule has 22 heavy (non-hydrogen) atoms. The van der Waals surface area contributed by atoms with E-state index in [4.69, 9.17) is 16.3 Å². The van der Waals surface area contributed by atoms with Gasteiger partial charge in [0.15, 0.2) is 0 Å². The van der Waals surface area contributed by atoms with Crippen molar-refractivity contribution in [3.63, 3.8) is 0 Å². The molecule has 0 saturated carbocycles. The highest BCUT2D eigenvalue weighted by molar-refractivity contribution is 9.10. The van der Waals surface area contributed by atoms with Gasteiger partial charge in [0.1, 0.15) is 17.4 Å². The quantitative estimate of drug-likeness (QED) is 0.769. The minimum atomic E-state index is -4.56. The Bertz CT molecular complexity index is 714. The van der Waals surface area contributed by atoms with Gasteiger partial charge >= 0.3 is 6.18 Å². The molecule has 0 aliphatic rings. The van der Waals surface area contributed by atoms with Gasteiger partial charge in [-0.2, -0.15) is 13.2 Å². The van der Waals surface area contributed by atoms with Crippen molar-refractivity contribution >= 4 is 27.5 Å². The van der Waals surface area contributed by atoms with Crippen LogP contribution in [0.2, 0.25) is 5.02 Å². The van der Waals surface area contributed by atoms with Crippen molar-refractivity contribution in [2.75, 3.05) is 6.61 Å². The Morgan fingerprint density at radius 2 is 1.86 bits per heavy atom. The monoisotopic (exact) mass is 395 g/mol. The fourth-order valence-corrected chi connectivity index (χ4v) is 2.20. The van der Waals surface area contributed by atoms with Crippen LogP contribution in [0.3, 0.4) is 0 Å². The summed E-state index contributed by atoms with van der Waals surface area (Å²) in [5.41, 5.74) is -1.66. The Morgan fingerprint density at radius 3 is 2.45 bits per heavy atom. The summed E-state index contributed by atoms with van der Waals surface area (Å²) in [6, 6.07) is 7.55. The fourth-order valence-electron chi connectivity index (χ4n) is 1.71. The van der Waals surface area contributed by atoms with Crippen LogP contribution >= 0.6 is 27.5 Å². The Labute approximate surface area is 137 Å². The molecule has 0 saturated heterocycles. The van der Waals surface area contributed by atoms with E-state index in [2.05, 4.69) is 15.9 Å². The zero-order chi connectivity index (χ0) is 16.3. The molecule has 1 aromatic heterocycles. The third-order valence-electron chi connectivity index (χ3n) is 2.78. The first-order chi connectivity index (χ1) is 10.3.